The van der Waals surface area contributed by atoms with Gasteiger partial charge in [-0.1, -0.05) is 0 Å². The second-order valence-electron chi connectivity index (χ2n) is 5.94. The molecule has 0 amide bonds. The fourth-order valence-electron chi connectivity index (χ4n) is 2.85. The van der Waals surface area contributed by atoms with Crippen molar-refractivity contribution in [1.82, 2.24) is 14.5 Å². The smallest absolute Gasteiger partial charge is 0.160 e. The molecule has 94 valence electrons. The third-order valence-corrected chi connectivity index (χ3v) is 4.27. The first-order chi connectivity index (χ1) is 8.68. The number of rotatable bonds is 3. The molecule has 2 N–H and O–H groups in total. The summed E-state index contributed by atoms with van der Waals surface area (Å²) >= 11 is 0. The number of imidazole rings is 1. The van der Waals surface area contributed by atoms with Gasteiger partial charge in [0.05, 0.1) is 5.54 Å². The zero-order valence-electron chi connectivity index (χ0n) is 10.6. The summed E-state index contributed by atoms with van der Waals surface area (Å²) in [6.07, 6.45) is 6.77. The van der Waals surface area contributed by atoms with Crippen LogP contribution in [0.1, 0.15) is 44.5 Å². The van der Waals surface area contributed by atoms with Gasteiger partial charge in [0.1, 0.15) is 11.3 Å². The van der Waals surface area contributed by atoms with E-state index in [1.54, 1.807) is 0 Å². The SMILES string of the molecule is CC(N)(c1nc2cccnc2n1C1CC1)C1CC1. The van der Waals surface area contributed by atoms with Gasteiger partial charge in [-0.05, 0) is 50.7 Å². The number of aromatic nitrogens is 3. The molecule has 0 aliphatic heterocycles. The molecule has 0 radical (unpaired) electrons. The Bertz CT molecular complexity index is 605. The Morgan fingerprint density at radius 3 is 2.78 bits per heavy atom. The molecule has 2 aromatic rings. The van der Waals surface area contributed by atoms with Crippen LogP contribution in [0.15, 0.2) is 18.3 Å². The van der Waals surface area contributed by atoms with Crippen molar-refractivity contribution in [3.05, 3.63) is 24.2 Å². The van der Waals surface area contributed by atoms with Gasteiger partial charge in [-0.2, -0.15) is 0 Å². The summed E-state index contributed by atoms with van der Waals surface area (Å²) in [6, 6.07) is 4.55. The van der Waals surface area contributed by atoms with Crippen LogP contribution < -0.4 is 5.73 Å². The molecule has 4 rings (SSSR count). The maximum absolute atomic E-state index is 6.56. The summed E-state index contributed by atoms with van der Waals surface area (Å²) in [5.74, 6) is 1.63. The molecule has 2 aliphatic rings. The molecule has 18 heavy (non-hydrogen) atoms. The van der Waals surface area contributed by atoms with Crippen molar-refractivity contribution >= 4 is 11.2 Å². The molecule has 0 aromatic carbocycles. The summed E-state index contributed by atoms with van der Waals surface area (Å²) in [7, 11) is 0. The molecule has 2 saturated carbocycles. The van der Waals surface area contributed by atoms with E-state index in [-0.39, 0.29) is 5.54 Å². The molecular weight excluding hydrogens is 224 g/mol. The fourth-order valence-corrected chi connectivity index (χ4v) is 2.85. The van der Waals surface area contributed by atoms with E-state index < -0.39 is 0 Å². The first kappa shape index (κ1) is 10.5. The lowest BCUT2D eigenvalue weighted by atomic mass is 9.96. The van der Waals surface area contributed by atoms with Crippen molar-refractivity contribution in [2.45, 2.75) is 44.2 Å². The van der Waals surface area contributed by atoms with Crippen LogP contribution in [-0.4, -0.2) is 14.5 Å². The molecule has 1 unspecified atom stereocenters. The van der Waals surface area contributed by atoms with E-state index in [2.05, 4.69) is 16.5 Å². The number of hydrogen-bond donors (Lipinski definition) is 1. The monoisotopic (exact) mass is 242 g/mol. The van der Waals surface area contributed by atoms with Crippen molar-refractivity contribution in [2.24, 2.45) is 11.7 Å². The van der Waals surface area contributed by atoms with E-state index >= 15 is 0 Å². The van der Waals surface area contributed by atoms with Crippen molar-refractivity contribution in [2.75, 3.05) is 0 Å². The van der Waals surface area contributed by atoms with Gasteiger partial charge < -0.3 is 10.3 Å². The van der Waals surface area contributed by atoms with Crippen LogP contribution in [0.3, 0.4) is 0 Å². The van der Waals surface area contributed by atoms with E-state index in [4.69, 9.17) is 10.7 Å². The average molecular weight is 242 g/mol. The molecule has 0 bridgehead atoms. The van der Waals surface area contributed by atoms with Crippen LogP contribution in [0.4, 0.5) is 0 Å². The normalized spacial score (nSPS) is 23.2. The lowest BCUT2D eigenvalue weighted by Crippen LogP contribution is -2.38. The highest BCUT2D eigenvalue weighted by atomic mass is 15.2. The summed E-state index contributed by atoms with van der Waals surface area (Å²) < 4.78 is 2.30. The third-order valence-electron chi connectivity index (χ3n) is 4.27. The van der Waals surface area contributed by atoms with E-state index in [1.165, 1.54) is 25.7 Å². The van der Waals surface area contributed by atoms with E-state index in [0.29, 0.717) is 12.0 Å². The first-order valence-corrected chi connectivity index (χ1v) is 6.80. The second-order valence-corrected chi connectivity index (χ2v) is 5.94. The van der Waals surface area contributed by atoms with Crippen molar-refractivity contribution < 1.29 is 0 Å². The maximum atomic E-state index is 6.56. The van der Waals surface area contributed by atoms with Crippen molar-refractivity contribution in [3.8, 4) is 0 Å². The van der Waals surface area contributed by atoms with Gasteiger partial charge >= 0.3 is 0 Å². The third kappa shape index (κ3) is 1.42. The zero-order chi connectivity index (χ0) is 12.3. The lowest BCUT2D eigenvalue weighted by Gasteiger charge is -2.24. The van der Waals surface area contributed by atoms with E-state index in [0.717, 1.165) is 17.0 Å². The Morgan fingerprint density at radius 2 is 2.11 bits per heavy atom. The zero-order valence-corrected chi connectivity index (χ0v) is 10.6. The van der Waals surface area contributed by atoms with Crippen molar-refractivity contribution in [3.63, 3.8) is 0 Å². The first-order valence-electron chi connectivity index (χ1n) is 6.80. The number of pyridine rings is 1. The predicted octanol–water partition coefficient (Wildman–Crippen LogP) is 2.35. The highest BCUT2D eigenvalue weighted by Gasteiger charge is 2.45. The quantitative estimate of drug-likeness (QED) is 0.898. The van der Waals surface area contributed by atoms with Crippen LogP contribution in [0.25, 0.3) is 11.2 Å². The Labute approximate surface area is 106 Å². The number of fused-ring (bicyclic) bond motifs is 1. The van der Waals surface area contributed by atoms with Gasteiger partial charge in [0.15, 0.2) is 5.65 Å². The topological polar surface area (TPSA) is 56.7 Å². The minimum Gasteiger partial charge on any atom is -0.319 e. The van der Waals surface area contributed by atoms with Crippen LogP contribution in [0.2, 0.25) is 0 Å². The Kier molecular flexibility index (Phi) is 1.94. The van der Waals surface area contributed by atoms with Crippen molar-refractivity contribution in [1.29, 1.82) is 0 Å². The number of hydrogen-bond acceptors (Lipinski definition) is 3. The average Bonchev–Trinajstić information content (AvgIpc) is 3.23. The molecule has 0 saturated heterocycles. The lowest BCUT2D eigenvalue weighted by molar-refractivity contribution is 0.383. The highest BCUT2D eigenvalue weighted by Crippen LogP contribution is 2.47. The maximum Gasteiger partial charge on any atom is 0.160 e. The van der Waals surface area contributed by atoms with Gasteiger partial charge in [0.25, 0.3) is 0 Å². The fraction of sp³-hybridized carbons (Fsp3) is 0.571. The van der Waals surface area contributed by atoms with Gasteiger partial charge in [-0.25, -0.2) is 9.97 Å². The standard InChI is InChI=1S/C14H18N4/c1-14(15,9-4-5-9)13-17-11-3-2-8-16-12(11)18(13)10-6-7-10/h2-3,8-10H,4-7,15H2,1H3. The Balaban J connectivity index is 1.95. The Morgan fingerprint density at radius 1 is 1.33 bits per heavy atom. The van der Waals surface area contributed by atoms with Gasteiger partial charge in [0, 0.05) is 12.2 Å². The van der Waals surface area contributed by atoms with Crippen LogP contribution >= 0.6 is 0 Å². The molecule has 2 heterocycles. The second kappa shape index (κ2) is 3.32. The minimum absolute atomic E-state index is 0.302. The van der Waals surface area contributed by atoms with Crippen LogP contribution in [-0.2, 0) is 5.54 Å². The van der Waals surface area contributed by atoms with E-state index in [9.17, 15) is 0 Å². The minimum atomic E-state index is -0.302. The largest absolute Gasteiger partial charge is 0.319 e. The highest BCUT2D eigenvalue weighted by molar-refractivity contribution is 5.72. The van der Waals surface area contributed by atoms with E-state index in [1.807, 2.05) is 18.3 Å². The summed E-state index contributed by atoms with van der Waals surface area (Å²) in [4.78, 5) is 9.28. The summed E-state index contributed by atoms with van der Waals surface area (Å²) in [5, 5.41) is 0. The number of nitrogens with two attached hydrogens (primary N) is 1. The Hall–Kier alpha value is -1.42. The van der Waals surface area contributed by atoms with Gasteiger partial charge in [0.2, 0.25) is 0 Å². The molecule has 2 fully saturated rings. The molecule has 4 heteroatoms. The van der Waals surface area contributed by atoms with Gasteiger partial charge in [-0.15, -0.1) is 0 Å². The van der Waals surface area contributed by atoms with Crippen LogP contribution in [0.5, 0.6) is 0 Å². The molecule has 2 aromatic heterocycles. The molecule has 4 nitrogen and oxygen atoms in total. The van der Waals surface area contributed by atoms with Crippen LogP contribution in [0, 0.1) is 5.92 Å². The van der Waals surface area contributed by atoms with Gasteiger partial charge in [-0.3, -0.25) is 0 Å². The summed E-state index contributed by atoms with van der Waals surface area (Å²) in [5.41, 5.74) is 8.25. The molecular formula is C14H18N4. The number of nitrogens with zero attached hydrogens (tertiary/aromatic N) is 3. The molecule has 0 spiro atoms. The molecule has 1 atom stereocenters. The predicted molar refractivity (Wildman–Crippen MR) is 70.1 cm³/mol. The summed E-state index contributed by atoms with van der Waals surface area (Å²) in [6.45, 7) is 2.13. The molecule has 2 aliphatic carbocycles.